The molecule has 0 bridgehead atoms. The molecule has 160 valence electrons. The number of likely N-dealkylation sites (tertiary alicyclic amines) is 1. The van der Waals surface area contributed by atoms with Crippen LogP contribution in [0.3, 0.4) is 0 Å². The van der Waals surface area contributed by atoms with Gasteiger partial charge in [-0.15, -0.1) is 0 Å². The minimum atomic E-state index is -0.720. The summed E-state index contributed by atoms with van der Waals surface area (Å²) in [6, 6.07) is 16.9. The molecule has 1 aromatic heterocycles. The van der Waals surface area contributed by atoms with Crippen molar-refractivity contribution in [2.75, 3.05) is 26.2 Å². The second kappa shape index (κ2) is 9.71. The fourth-order valence-electron chi connectivity index (χ4n) is 3.56. The van der Waals surface area contributed by atoms with Gasteiger partial charge in [0.05, 0.1) is 0 Å². The quantitative estimate of drug-likeness (QED) is 0.560. The fourth-order valence-corrected chi connectivity index (χ4v) is 3.56. The van der Waals surface area contributed by atoms with Gasteiger partial charge in [0.25, 0.3) is 5.56 Å². The van der Waals surface area contributed by atoms with Gasteiger partial charge in [0, 0.05) is 37.6 Å². The van der Waals surface area contributed by atoms with E-state index in [9.17, 15) is 13.6 Å². The summed E-state index contributed by atoms with van der Waals surface area (Å²) in [6.45, 7) is 2.47. The van der Waals surface area contributed by atoms with E-state index in [2.05, 4.69) is 4.90 Å². The molecule has 6 heteroatoms. The second-order valence-electron chi connectivity index (χ2n) is 7.58. The number of halogens is 2. The molecule has 1 aliphatic rings. The van der Waals surface area contributed by atoms with E-state index in [0.29, 0.717) is 31.9 Å². The lowest BCUT2D eigenvalue weighted by Crippen LogP contribution is -2.26. The minimum Gasteiger partial charge on any atom is -0.492 e. The predicted octanol–water partition coefficient (Wildman–Crippen LogP) is 4.57. The summed E-state index contributed by atoms with van der Waals surface area (Å²) in [7, 11) is 0. The average Bonchev–Trinajstić information content (AvgIpc) is 3.19. The van der Waals surface area contributed by atoms with Crippen LogP contribution in [-0.4, -0.2) is 41.9 Å². The van der Waals surface area contributed by atoms with Gasteiger partial charge in [-0.05, 0) is 60.0 Å². The van der Waals surface area contributed by atoms with Gasteiger partial charge in [0.1, 0.15) is 24.3 Å². The molecule has 1 atom stereocenters. The molecular formula is C25H24F2N2O2. The van der Waals surface area contributed by atoms with Gasteiger partial charge in [-0.2, -0.15) is 0 Å². The van der Waals surface area contributed by atoms with Crippen molar-refractivity contribution in [3.8, 4) is 11.4 Å². The smallest absolute Gasteiger partial charge is 0.255 e. The van der Waals surface area contributed by atoms with Gasteiger partial charge in [0.2, 0.25) is 0 Å². The zero-order chi connectivity index (χ0) is 21.6. The molecule has 0 aliphatic carbocycles. The largest absolute Gasteiger partial charge is 0.492 e. The highest BCUT2D eigenvalue weighted by molar-refractivity contribution is 5.69. The molecule has 1 saturated heterocycles. The molecule has 0 unspecified atom stereocenters. The van der Waals surface area contributed by atoms with E-state index in [1.54, 1.807) is 29.0 Å². The summed E-state index contributed by atoms with van der Waals surface area (Å²) in [5.41, 5.74) is 2.22. The number of hydrogen-bond acceptors (Lipinski definition) is 3. The van der Waals surface area contributed by atoms with E-state index < -0.39 is 6.17 Å². The Balaban J connectivity index is 1.36. The maximum atomic E-state index is 13.2. The number of aromatic nitrogens is 1. The van der Waals surface area contributed by atoms with E-state index in [1.165, 1.54) is 12.1 Å². The monoisotopic (exact) mass is 422 g/mol. The highest BCUT2D eigenvalue weighted by Gasteiger charge is 2.21. The average molecular weight is 422 g/mol. The van der Waals surface area contributed by atoms with Crippen LogP contribution in [0.1, 0.15) is 17.5 Å². The van der Waals surface area contributed by atoms with Crippen molar-refractivity contribution in [1.82, 2.24) is 9.47 Å². The van der Waals surface area contributed by atoms with Gasteiger partial charge in [0.15, 0.2) is 0 Å². The lowest BCUT2D eigenvalue weighted by atomic mass is 10.1. The van der Waals surface area contributed by atoms with Crippen molar-refractivity contribution >= 4 is 12.2 Å². The minimum absolute atomic E-state index is 0.148. The van der Waals surface area contributed by atoms with Crippen LogP contribution in [0.2, 0.25) is 0 Å². The van der Waals surface area contributed by atoms with Crippen LogP contribution in [0.15, 0.2) is 71.7 Å². The molecule has 0 radical (unpaired) electrons. The fraction of sp³-hybridized carbons (Fsp3) is 0.240. The van der Waals surface area contributed by atoms with E-state index >= 15 is 0 Å². The molecule has 4 rings (SSSR count). The van der Waals surface area contributed by atoms with E-state index in [-0.39, 0.29) is 11.4 Å². The molecule has 0 amide bonds. The van der Waals surface area contributed by atoms with Crippen LogP contribution in [0, 0.1) is 5.82 Å². The first kappa shape index (κ1) is 21.0. The van der Waals surface area contributed by atoms with Crippen molar-refractivity contribution in [2.24, 2.45) is 0 Å². The Morgan fingerprint density at radius 1 is 1.00 bits per heavy atom. The molecule has 0 saturated carbocycles. The Hall–Kier alpha value is -3.25. The number of hydrogen-bond donors (Lipinski definition) is 0. The summed E-state index contributed by atoms with van der Waals surface area (Å²) in [6.07, 6.45) is 5.26. The molecule has 1 aliphatic heterocycles. The SMILES string of the molecule is O=c1cc(/C=C/c2ccc(F)cc2)ccn1-c1ccc(OCCN2CC[C@@H](F)C2)cc1. The number of rotatable bonds is 7. The van der Waals surface area contributed by atoms with Crippen molar-refractivity contribution < 1.29 is 13.5 Å². The summed E-state index contributed by atoms with van der Waals surface area (Å²) < 4.78 is 33.5. The lowest BCUT2D eigenvalue weighted by molar-refractivity contribution is 0.224. The highest BCUT2D eigenvalue weighted by Crippen LogP contribution is 2.16. The Morgan fingerprint density at radius 2 is 1.74 bits per heavy atom. The van der Waals surface area contributed by atoms with Crippen molar-refractivity contribution in [3.63, 3.8) is 0 Å². The number of benzene rings is 2. The van der Waals surface area contributed by atoms with Gasteiger partial charge >= 0.3 is 0 Å². The molecule has 31 heavy (non-hydrogen) atoms. The summed E-state index contributed by atoms with van der Waals surface area (Å²) in [5, 5.41) is 0. The predicted molar refractivity (Wildman–Crippen MR) is 119 cm³/mol. The molecule has 0 spiro atoms. The number of nitrogens with zero attached hydrogens (tertiary/aromatic N) is 2. The third-order valence-electron chi connectivity index (χ3n) is 5.29. The number of ether oxygens (including phenoxy) is 1. The summed E-state index contributed by atoms with van der Waals surface area (Å²) in [5.74, 6) is 0.435. The second-order valence-corrected chi connectivity index (χ2v) is 7.58. The zero-order valence-electron chi connectivity index (χ0n) is 17.1. The first-order chi connectivity index (χ1) is 15.1. The van der Waals surface area contributed by atoms with Crippen molar-refractivity contribution in [2.45, 2.75) is 12.6 Å². The molecular weight excluding hydrogens is 398 g/mol. The Kier molecular flexibility index (Phi) is 6.57. The standard InChI is InChI=1S/C25H24F2N2O2/c26-21-5-3-19(4-6-21)1-2-20-11-14-29(25(30)17-20)23-7-9-24(10-8-23)31-16-15-28-13-12-22(27)18-28/h1-11,14,17,22H,12-13,15-16,18H2/b2-1+/t22-/m1/s1. The van der Waals surface area contributed by atoms with Crippen LogP contribution in [0.5, 0.6) is 5.75 Å². The van der Waals surface area contributed by atoms with E-state index in [4.69, 9.17) is 4.74 Å². The molecule has 2 heterocycles. The first-order valence-electron chi connectivity index (χ1n) is 10.3. The van der Waals surface area contributed by atoms with Crippen LogP contribution in [0.4, 0.5) is 8.78 Å². The Labute approximate surface area is 180 Å². The number of alkyl halides is 1. The molecule has 2 aromatic carbocycles. The number of pyridine rings is 1. The Bertz CT molecular complexity index is 1090. The third-order valence-corrected chi connectivity index (χ3v) is 5.29. The summed E-state index contributed by atoms with van der Waals surface area (Å²) >= 11 is 0. The van der Waals surface area contributed by atoms with E-state index in [1.807, 2.05) is 42.5 Å². The van der Waals surface area contributed by atoms with Crippen LogP contribution in [-0.2, 0) is 0 Å². The Morgan fingerprint density at radius 3 is 2.42 bits per heavy atom. The van der Waals surface area contributed by atoms with Crippen molar-refractivity contribution in [1.29, 1.82) is 0 Å². The maximum Gasteiger partial charge on any atom is 0.255 e. The first-order valence-corrected chi connectivity index (χ1v) is 10.3. The topological polar surface area (TPSA) is 34.5 Å². The molecule has 0 N–H and O–H groups in total. The maximum absolute atomic E-state index is 13.2. The van der Waals surface area contributed by atoms with Gasteiger partial charge in [-0.1, -0.05) is 24.3 Å². The molecule has 1 fully saturated rings. The third kappa shape index (κ3) is 5.67. The summed E-state index contributed by atoms with van der Waals surface area (Å²) in [4.78, 5) is 14.6. The molecule has 4 nitrogen and oxygen atoms in total. The van der Waals surface area contributed by atoms with Crippen LogP contribution < -0.4 is 10.3 Å². The van der Waals surface area contributed by atoms with Gasteiger partial charge < -0.3 is 4.74 Å². The van der Waals surface area contributed by atoms with Gasteiger partial charge in [-0.25, -0.2) is 8.78 Å². The normalized spacial score (nSPS) is 16.8. The highest BCUT2D eigenvalue weighted by atomic mass is 19.1. The lowest BCUT2D eigenvalue weighted by Gasteiger charge is -2.15. The molecule has 3 aromatic rings. The van der Waals surface area contributed by atoms with Crippen LogP contribution >= 0.6 is 0 Å². The zero-order valence-corrected chi connectivity index (χ0v) is 17.1. The van der Waals surface area contributed by atoms with E-state index in [0.717, 1.165) is 23.4 Å². The van der Waals surface area contributed by atoms with Crippen molar-refractivity contribution in [3.05, 3.63) is 94.2 Å². The van der Waals surface area contributed by atoms with Crippen LogP contribution in [0.25, 0.3) is 17.8 Å². The van der Waals surface area contributed by atoms with Gasteiger partial charge in [-0.3, -0.25) is 14.3 Å².